The van der Waals surface area contributed by atoms with Gasteiger partial charge in [0, 0.05) is 28.4 Å². The van der Waals surface area contributed by atoms with Crippen LogP contribution in [0.25, 0.3) is 21.9 Å². The molecule has 1 aromatic heterocycles. The number of carbonyl (C=O) groups is 5. The van der Waals surface area contributed by atoms with Crippen LogP contribution in [0, 0.1) is 0 Å². The Kier molecular flexibility index (Phi) is 9.62. The standard InChI is InChI=1S/C31H36N2O9/c1-5-12-32-16-28(36)39-17-24(34)19-8-10-21-22-11-9-20(15-27(22)41-26(21)14-19)25(35)18-40-29(37)23-7-6-13-33(23)30(38)42-31(2,3)4/h8-11,14-15,23,32H,5-7,12-13,16-18H2,1-4H3/t23-/m0/s1. The average molecular weight is 581 g/mol. The van der Waals surface area contributed by atoms with Crippen molar-refractivity contribution in [2.45, 2.75) is 58.6 Å². The second kappa shape index (κ2) is 13.2. The van der Waals surface area contributed by atoms with Gasteiger partial charge in [-0.3, -0.25) is 19.3 Å². The first-order chi connectivity index (χ1) is 20.0. The Balaban J connectivity index is 1.38. The number of furan rings is 1. The zero-order valence-corrected chi connectivity index (χ0v) is 24.3. The van der Waals surface area contributed by atoms with Gasteiger partial charge in [0.15, 0.2) is 24.8 Å². The van der Waals surface area contributed by atoms with E-state index in [0.29, 0.717) is 42.7 Å². The van der Waals surface area contributed by atoms with Crippen LogP contribution in [0.15, 0.2) is 40.8 Å². The third kappa shape index (κ3) is 7.52. The predicted molar refractivity (Wildman–Crippen MR) is 153 cm³/mol. The highest BCUT2D eigenvalue weighted by Crippen LogP contribution is 2.30. The molecule has 42 heavy (non-hydrogen) atoms. The largest absolute Gasteiger partial charge is 0.456 e. The van der Waals surface area contributed by atoms with Crippen molar-refractivity contribution < 1.29 is 42.6 Å². The first-order valence-electron chi connectivity index (χ1n) is 14.0. The fourth-order valence-corrected chi connectivity index (χ4v) is 4.64. The van der Waals surface area contributed by atoms with E-state index >= 15 is 0 Å². The van der Waals surface area contributed by atoms with Gasteiger partial charge in [-0.1, -0.05) is 19.1 Å². The molecule has 0 spiro atoms. The lowest BCUT2D eigenvalue weighted by Gasteiger charge is -2.27. The van der Waals surface area contributed by atoms with E-state index in [4.69, 9.17) is 18.6 Å². The van der Waals surface area contributed by atoms with E-state index in [1.165, 1.54) is 4.90 Å². The molecule has 11 heteroatoms. The van der Waals surface area contributed by atoms with Crippen molar-refractivity contribution in [3.63, 3.8) is 0 Å². The van der Waals surface area contributed by atoms with E-state index in [1.807, 2.05) is 6.92 Å². The van der Waals surface area contributed by atoms with Crippen molar-refractivity contribution in [1.82, 2.24) is 10.2 Å². The number of rotatable bonds is 11. The number of fused-ring (bicyclic) bond motifs is 3. The highest BCUT2D eigenvalue weighted by molar-refractivity contribution is 6.10. The molecule has 0 radical (unpaired) electrons. The Bertz CT molecular complexity index is 1500. The molecule has 1 N–H and O–H groups in total. The maximum absolute atomic E-state index is 12.9. The number of benzene rings is 2. The number of carbonyl (C=O) groups excluding carboxylic acids is 5. The van der Waals surface area contributed by atoms with E-state index in [0.717, 1.165) is 17.2 Å². The molecule has 1 aliphatic heterocycles. The summed E-state index contributed by atoms with van der Waals surface area (Å²) in [6, 6.07) is 9.03. The van der Waals surface area contributed by atoms with Gasteiger partial charge in [-0.2, -0.15) is 0 Å². The van der Waals surface area contributed by atoms with E-state index in [-0.39, 0.29) is 24.5 Å². The smallest absolute Gasteiger partial charge is 0.411 e. The van der Waals surface area contributed by atoms with Crippen LogP contribution in [0.4, 0.5) is 4.79 Å². The zero-order valence-electron chi connectivity index (χ0n) is 24.3. The summed E-state index contributed by atoms with van der Waals surface area (Å²) in [5.41, 5.74) is 0.769. The second-order valence-electron chi connectivity index (χ2n) is 11.1. The van der Waals surface area contributed by atoms with E-state index in [2.05, 4.69) is 5.32 Å². The Labute approximate surface area is 243 Å². The summed E-state index contributed by atoms with van der Waals surface area (Å²) >= 11 is 0. The normalized spacial score (nSPS) is 15.1. The summed E-state index contributed by atoms with van der Waals surface area (Å²) in [6.45, 7) is 7.44. The van der Waals surface area contributed by atoms with Gasteiger partial charge in [0.25, 0.3) is 0 Å². The van der Waals surface area contributed by atoms with Crippen molar-refractivity contribution >= 4 is 51.5 Å². The first kappa shape index (κ1) is 30.7. The fourth-order valence-electron chi connectivity index (χ4n) is 4.64. The van der Waals surface area contributed by atoms with Crippen LogP contribution in [0.2, 0.25) is 0 Å². The van der Waals surface area contributed by atoms with E-state index in [9.17, 15) is 24.0 Å². The Morgan fingerprint density at radius 3 is 2.10 bits per heavy atom. The van der Waals surface area contributed by atoms with Crippen LogP contribution in [0.5, 0.6) is 0 Å². The van der Waals surface area contributed by atoms with E-state index < -0.39 is 42.1 Å². The van der Waals surface area contributed by atoms with E-state index in [1.54, 1.807) is 57.2 Å². The highest BCUT2D eigenvalue weighted by Gasteiger charge is 2.37. The van der Waals surface area contributed by atoms with Gasteiger partial charge in [-0.05, 0) is 70.8 Å². The van der Waals surface area contributed by atoms with Crippen LogP contribution in [0.1, 0.15) is 67.7 Å². The summed E-state index contributed by atoms with van der Waals surface area (Å²) in [5, 5.41) is 4.41. The number of likely N-dealkylation sites (tertiary alicyclic amines) is 1. The number of ketones is 2. The summed E-state index contributed by atoms with van der Waals surface area (Å²) < 4.78 is 21.6. The fraction of sp³-hybridized carbons (Fsp3) is 0.452. The maximum Gasteiger partial charge on any atom is 0.411 e. The number of amides is 1. The van der Waals surface area contributed by atoms with Crippen LogP contribution in [-0.2, 0) is 23.8 Å². The summed E-state index contributed by atoms with van der Waals surface area (Å²) in [7, 11) is 0. The van der Waals surface area contributed by atoms with Gasteiger partial charge in [-0.15, -0.1) is 0 Å². The van der Waals surface area contributed by atoms with Gasteiger partial charge in [0.05, 0.1) is 6.54 Å². The molecule has 1 saturated heterocycles. The van der Waals surface area contributed by atoms with Crippen molar-refractivity contribution in [1.29, 1.82) is 0 Å². The molecule has 3 aromatic rings. The molecule has 1 amide bonds. The molecule has 224 valence electrons. The molecule has 4 rings (SSSR count). The molecule has 1 aliphatic rings. The third-order valence-corrected chi connectivity index (χ3v) is 6.68. The lowest BCUT2D eigenvalue weighted by atomic mass is 10.1. The lowest BCUT2D eigenvalue weighted by Crippen LogP contribution is -2.44. The van der Waals surface area contributed by atoms with Gasteiger partial charge >= 0.3 is 18.0 Å². The van der Waals surface area contributed by atoms with Gasteiger partial charge in [-0.25, -0.2) is 9.59 Å². The molecule has 0 aliphatic carbocycles. The minimum atomic E-state index is -0.802. The Morgan fingerprint density at radius 1 is 0.929 bits per heavy atom. The molecular weight excluding hydrogens is 544 g/mol. The second-order valence-corrected chi connectivity index (χ2v) is 11.1. The van der Waals surface area contributed by atoms with Gasteiger partial charge < -0.3 is 23.9 Å². The monoisotopic (exact) mass is 580 g/mol. The third-order valence-electron chi connectivity index (χ3n) is 6.68. The summed E-state index contributed by atoms with van der Waals surface area (Å²) in [5.74, 6) is -1.96. The topological polar surface area (TPSA) is 141 Å². The number of ether oxygens (including phenoxy) is 3. The number of nitrogens with one attached hydrogen (secondary N) is 1. The highest BCUT2D eigenvalue weighted by atomic mass is 16.6. The van der Waals surface area contributed by atoms with Crippen molar-refractivity contribution in [3.8, 4) is 0 Å². The zero-order chi connectivity index (χ0) is 30.4. The minimum absolute atomic E-state index is 0.0368. The average Bonchev–Trinajstić information content (AvgIpc) is 3.58. The molecule has 0 saturated carbocycles. The maximum atomic E-state index is 12.9. The van der Waals surface area contributed by atoms with Gasteiger partial charge in [0.2, 0.25) is 0 Å². The SMILES string of the molecule is CCCNCC(=O)OCC(=O)c1ccc2c(c1)oc1cc(C(=O)COC(=O)[C@@H]3CCCN3C(=O)OC(C)(C)C)ccc12. The molecule has 0 unspecified atom stereocenters. The van der Waals surface area contributed by atoms with Gasteiger partial charge in [0.1, 0.15) is 22.8 Å². The predicted octanol–water partition coefficient (Wildman–Crippen LogP) is 4.44. The molecule has 1 atom stereocenters. The summed E-state index contributed by atoms with van der Waals surface area (Å²) in [4.78, 5) is 63.7. The summed E-state index contributed by atoms with van der Waals surface area (Å²) in [6.07, 6.45) is 1.35. The Hall–Kier alpha value is -4.25. The molecule has 2 heterocycles. The number of hydrogen-bond donors (Lipinski definition) is 1. The van der Waals surface area contributed by atoms with Crippen molar-refractivity contribution in [2.75, 3.05) is 32.8 Å². The van der Waals surface area contributed by atoms with Crippen molar-refractivity contribution in [2.24, 2.45) is 0 Å². The minimum Gasteiger partial charge on any atom is -0.456 e. The molecule has 1 fully saturated rings. The van der Waals surface area contributed by atoms with Crippen LogP contribution < -0.4 is 5.32 Å². The number of hydrogen-bond acceptors (Lipinski definition) is 10. The molecule has 0 bridgehead atoms. The quantitative estimate of drug-likeness (QED) is 0.150. The van der Waals surface area contributed by atoms with Crippen LogP contribution in [-0.4, -0.2) is 79.0 Å². The first-order valence-corrected chi connectivity index (χ1v) is 14.0. The molecule has 11 nitrogen and oxygen atoms in total. The lowest BCUT2D eigenvalue weighted by molar-refractivity contribution is -0.147. The van der Waals surface area contributed by atoms with Crippen LogP contribution in [0.3, 0.4) is 0 Å². The number of esters is 2. The number of Topliss-reactive ketones (excluding diaryl/α,β-unsaturated/α-hetero) is 2. The van der Waals surface area contributed by atoms with Crippen molar-refractivity contribution in [3.05, 3.63) is 47.5 Å². The molecule has 2 aromatic carbocycles. The number of nitrogens with zero attached hydrogens (tertiary/aromatic N) is 1. The van der Waals surface area contributed by atoms with Crippen LogP contribution >= 0.6 is 0 Å². The Morgan fingerprint density at radius 2 is 1.52 bits per heavy atom. The molecular formula is C31H36N2O9.